The maximum Gasteiger partial charge on any atom is 0.333 e. The molecule has 4 atom stereocenters. The number of hydrogen-bond acceptors (Lipinski definition) is 5. The molecule has 1 aliphatic heterocycles. The first kappa shape index (κ1) is 30.1. The molecule has 1 aliphatic rings. The molecule has 0 aromatic heterocycles. The summed E-state index contributed by atoms with van der Waals surface area (Å²) in [6.45, 7) is 19.1. The summed E-state index contributed by atoms with van der Waals surface area (Å²) in [5, 5.41) is 3.09. The third-order valence-corrected chi connectivity index (χ3v) is 6.99. The lowest BCUT2D eigenvalue weighted by molar-refractivity contribution is -0.141. The van der Waals surface area contributed by atoms with E-state index in [0.29, 0.717) is 18.1 Å². The first-order chi connectivity index (χ1) is 15.8. The third-order valence-electron chi connectivity index (χ3n) is 6.99. The molecule has 0 bridgehead atoms. The predicted octanol–water partition coefficient (Wildman–Crippen LogP) is 4.02. The van der Waals surface area contributed by atoms with Gasteiger partial charge in [0.15, 0.2) is 0 Å². The van der Waals surface area contributed by atoms with Crippen molar-refractivity contribution >= 4 is 17.8 Å². The van der Waals surface area contributed by atoms with Gasteiger partial charge in [0, 0.05) is 25.2 Å². The van der Waals surface area contributed by atoms with Gasteiger partial charge in [0.2, 0.25) is 11.8 Å². The number of esters is 1. The van der Waals surface area contributed by atoms with E-state index >= 15 is 0 Å². The summed E-state index contributed by atoms with van der Waals surface area (Å²) < 4.78 is 5.10. The van der Waals surface area contributed by atoms with Crippen molar-refractivity contribution in [2.75, 3.05) is 20.2 Å². The second-order valence-electron chi connectivity index (χ2n) is 10.6. The first-order valence-corrected chi connectivity index (χ1v) is 13.0. The standard InChI is InChI=1S/C27H49N3O4/c1-11-21-13-14-22(30(16-21)19(7)8)25(31)28-24(18(5)6)26(32)29(10)23(17(3)4)15-20(9)27(33)34-12-2/h15,17-19,21-24H,11-14,16H2,1-10H3,(H,28,31)/b20-15+/t21?,22-,23?,24?/m1/s1. The second-order valence-corrected chi connectivity index (χ2v) is 10.6. The minimum Gasteiger partial charge on any atom is -0.463 e. The number of likely N-dealkylation sites (tertiary alicyclic amines) is 1. The van der Waals surface area contributed by atoms with Gasteiger partial charge in [-0.1, -0.05) is 47.1 Å². The number of nitrogens with zero attached hydrogens (tertiary/aromatic N) is 2. The van der Waals surface area contributed by atoms with E-state index in [4.69, 9.17) is 4.74 Å². The number of piperidine rings is 1. The van der Waals surface area contributed by atoms with Gasteiger partial charge in [-0.15, -0.1) is 0 Å². The molecule has 0 aromatic carbocycles. The molecule has 1 heterocycles. The van der Waals surface area contributed by atoms with Crippen LogP contribution < -0.4 is 5.32 Å². The Morgan fingerprint density at radius 2 is 1.68 bits per heavy atom. The fraction of sp³-hybridized carbons (Fsp3) is 0.815. The lowest BCUT2D eigenvalue weighted by Crippen LogP contribution is -2.59. The topological polar surface area (TPSA) is 79.0 Å². The van der Waals surface area contributed by atoms with Crippen LogP contribution in [0, 0.1) is 17.8 Å². The van der Waals surface area contributed by atoms with E-state index < -0.39 is 6.04 Å². The summed E-state index contributed by atoms with van der Waals surface area (Å²) in [6.07, 6.45) is 4.76. The van der Waals surface area contributed by atoms with Crippen LogP contribution in [-0.4, -0.2) is 72.0 Å². The minimum absolute atomic E-state index is 0.0666. The monoisotopic (exact) mass is 479 g/mol. The van der Waals surface area contributed by atoms with Crippen molar-refractivity contribution in [3.8, 4) is 0 Å². The molecule has 7 heteroatoms. The smallest absolute Gasteiger partial charge is 0.333 e. The molecule has 0 aliphatic carbocycles. The van der Waals surface area contributed by atoms with Crippen LogP contribution in [0.5, 0.6) is 0 Å². The molecule has 2 amide bonds. The molecule has 0 radical (unpaired) electrons. The van der Waals surface area contributed by atoms with Gasteiger partial charge < -0.3 is 15.0 Å². The number of carbonyl (C=O) groups is 3. The Balaban J connectivity index is 3.07. The van der Waals surface area contributed by atoms with Crippen molar-refractivity contribution in [2.24, 2.45) is 17.8 Å². The zero-order valence-electron chi connectivity index (χ0n) is 23.2. The van der Waals surface area contributed by atoms with Crippen LogP contribution in [0.1, 0.15) is 81.6 Å². The summed E-state index contributed by atoms with van der Waals surface area (Å²) in [5.41, 5.74) is 0.477. The number of ether oxygens (including phenoxy) is 1. The maximum atomic E-state index is 13.6. The van der Waals surface area contributed by atoms with Gasteiger partial charge >= 0.3 is 5.97 Å². The molecule has 1 saturated heterocycles. The van der Waals surface area contributed by atoms with Gasteiger partial charge in [0.25, 0.3) is 0 Å². The maximum absolute atomic E-state index is 13.6. The lowest BCUT2D eigenvalue weighted by atomic mass is 9.89. The molecule has 0 aromatic rings. The van der Waals surface area contributed by atoms with Crippen molar-refractivity contribution < 1.29 is 19.1 Å². The van der Waals surface area contributed by atoms with Crippen LogP contribution in [0.2, 0.25) is 0 Å². The quantitative estimate of drug-likeness (QED) is 0.358. The second kappa shape index (κ2) is 13.9. The number of nitrogens with one attached hydrogen (secondary N) is 1. The molecule has 3 unspecified atom stereocenters. The fourth-order valence-electron chi connectivity index (χ4n) is 4.71. The normalized spacial score (nSPS) is 21.5. The highest BCUT2D eigenvalue weighted by atomic mass is 16.5. The van der Waals surface area contributed by atoms with E-state index in [1.165, 1.54) is 0 Å². The summed E-state index contributed by atoms with van der Waals surface area (Å²) in [6, 6.07) is -0.869. The Bertz CT molecular complexity index is 717. The van der Waals surface area contributed by atoms with Gasteiger partial charge in [-0.25, -0.2) is 4.79 Å². The van der Waals surface area contributed by atoms with Crippen molar-refractivity contribution in [3.63, 3.8) is 0 Å². The van der Waals surface area contributed by atoms with E-state index in [2.05, 4.69) is 31.0 Å². The number of hydrogen-bond donors (Lipinski definition) is 1. The van der Waals surface area contributed by atoms with Crippen LogP contribution in [0.15, 0.2) is 11.6 Å². The highest BCUT2D eigenvalue weighted by Gasteiger charge is 2.37. The molecule has 0 saturated carbocycles. The Morgan fingerprint density at radius 1 is 1.06 bits per heavy atom. The molecule has 34 heavy (non-hydrogen) atoms. The van der Waals surface area contributed by atoms with Crippen molar-refractivity contribution in [1.29, 1.82) is 0 Å². The van der Waals surface area contributed by atoms with Gasteiger partial charge in [-0.3, -0.25) is 14.5 Å². The summed E-state index contributed by atoms with van der Waals surface area (Å²) in [7, 11) is 1.75. The summed E-state index contributed by atoms with van der Waals surface area (Å²) in [4.78, 5) is 43.1. The Hall–Kier alpha value is -1.89. The Morgan fingerprint density at radius 3 is 2.15 bits per heavy atom. The predicted molar refractivity (Wildman–Crippen MR) is 137 cm³/mol. The van der Waals surface area contributed by atoms with Crippen molar-refractivity contribution in [1.82, 2.24) is 15.1 Å². The summed E-state index contributed by atoms with van der Waals surface area (Å²) in [5.74, 6) is 0.0424. The number of rotatable bonds is 11. The molecule has 7 nitrogen and oxygen atoms in total. The molecule has 196 valence electrons. The lowest BCUT2D eigenvalue weighted by Gasteiger charge is -2.42. The molecule has 1 N–H and O–H groups in total. The molecule has 0 spiro atoms. The van der Waals surface area contributed by atoms with Crippen LogP contribution in [-0.2, 0) is 19.1 Å². The third kappa shape index (κ3) is 8.10. The molecular formula is C27H49N3O4. The summed E-state index contributed by atoms with van der Waals surface area (Å²) >= 11 is 0. The van der Waals surface area contributed by atoms with Gasteiger partial charge in [0.05, 0.1) is 18.7 Å². The highest BCUT2D eigenvalue weighted by Crippen LogP contribution is 2.26. The SMILES string of the molecule is CCOC(=O)/C(C)=C/C(C(C)C)N(C)C(=O)C(NC(=O)[C@H]1CCC(CC)CN1C(C)C)C(C)C. The van der Waals surface area contributed by atoms with Crippen molar-refractivity contribution in [3.05, 3.63) is 11.6 Å². The van der Waals surface area contributed by atoms with E-state index in [-0.39, 0.29) is 47.7 Å². The van der Waals surface area contributed by atoms with Gasteiger partial charge in [-0.05, 0) is 58.3 Å². The Labute approximate surface area is 207 Å². The molecule has 1 rings (SSSR count). The van der Waals surface area contributed by atoms with Crippen molar-refractivity contribution in [2.45, 2.75) is 106 Å². The van der Waals surface area contributed by atoms with Gasteiger partial charge in [0.1, 0.15) is 6.04 Å². The average Bonchev–Trinajstić information content (AvgIpc) is 2.78. The van der Waals surface area contributed by atoms with E-state index in [0.717, 1.165) is 25.8 Å². The molecule has 1 fully saturated rings. The fourth-order valence-corrected chi connectivity index (χ4v) is 4.71. The van der Waals surface area contributed by atoms with Crippen LogP contribution in [0.25, 0.3) is 0 Å². The number of likely N-dealkylation sites (N-methyl/N-ethyl adjacent to an activating group) is 1. The zero-order valence-corrected chi connectivity index (χ0v) is 23.2. The average molecular weight is 480 g/mol. The van der Waals surface area contributed by atoms with Crippen LogP contribution >= 0.6 is 0 Å². The van der Waals surface area contributed by atoms with E-state index in [1.54, 1.807) is 31.9 Å². The number of amides is 2. The Kier molecular flexibility index (Phi) is 12.3. The number of carbonyl (C=O) groups excluding carboxylic acids is 3. The minimum atomic E-state index is -0.632. The van der Waals surface area contributed by atoms with Gasteiger partial charge in [-0.2, -0.15) is 0 Å². The zero-order chi connectivity index (χ0) is 26.2. The van der Waals surface area contributed by atoms with Crippen LogP contribution in [0.4, 0.5) is 0 Å². The van der Waals surface area contributed by atoms with Crippen LogP contribution in [0.3, 0.4) is 0 Å². The molecular weight excluding hydrogens is 430 g/mol. The largest absolute Gasteiger partial charge is 0.463 e. The van der Waals surface area contributed by atoms with E-state index in [1.807, 2.05) is 27.7 Å². The highest BCUT2D eigenvalue weighted by molar-refractivity contribution is 5.91. The first-order valence-electron chi connectivity index (χ1n) is 13.0. The van der Waals surface area contributed by atoms with E-state index in [9.17, 15) is 14.4 Å².